The number of aromatic nitrogens is 2. The van der Waals surface area contributed by atoms with E-state index in [0.29, 0.717) is 0 Å². The number of aliphatic imine (C=N–C) groups is 1. The van der Waals surface area contributed by atoms with E-state index in [4.69, 9.17) is 44.4 Å². The summed E-state index contributed by atoms with van der Waals surface area (Å²) in [6.45, 7) is 2.23. The number of nitrogens with zero attached hydrogens (tertiary/aromatic N) is 3. The molecule has 1 atom stereocenters. The molecule has 0 unspecified atom stereocenters. The standard InChI is InChI=1S/C11H19ClN8O.C2HF3O2/c1-2-3-5(18-11(15)16)4-17-10(21)6-8(13)20-9(14)7(12)19-6;3-2(4,5)1(6)7/h5H,2-4H2,1H3,(H,17,21)(H4,13,14,20)(H4,15,16,18);(H,6,7)/t5-;/m1./s1. The molecule has 0 spiro atoms. The fraction of sp³-hybridized carbons (Fsp3) is 0.462. The van der Waals surface area contributed by atoms with Crippen LogP contribution in [-0.2, 0) is 4.79 Å². The summed E-state index contributed by atoms with van der Waals surface area (Å²) in [5.74, 6) is -3.43. The first-order valence-electron chi connectivity index (χ1n) is 7.55. The van der Waals surface area contributed by atoms with Gasteiger partial charge in [0, 0.05) is 6.54 Å². The van der Waals surface area contributed by atoms with Gasteiger partial charge in [0.05, 0.1) is 6.04 Å². The number of anilines is 2. The van der Waals surface area contributed by atoms with Crippen molar-refractivity contribution >= 4 is 41.1 Å². The molecule has 11 nitrogen and oxygen atoms in total. The summed E-state index contributed by atoms with van der Waals surface area (Å²) in [5, 5.41) is 9.68. The van der Waals surface area contributed by atoms with E-state index in [0.717, 1.165) is 12.8 Å². The van der Waals surface area contributed by atoms with Gasteiger partial charge in [-0.3, -0.25) is 4.79 Å². The van der Waals surface area contributed by atoms with Crippen LogP contribution in [0.3, 0.4) is 0 Å². The van der Waals surface area contributed by atoms with Crippen LogP contribution in [0.1, 0.15) is 30.3 Å². The maximum Gasteiger partial charge on any atom is 0.490 e. The van der Waals surface area contributed by atoms with E-state index in [1.807, 2.05) is 6.92 Å². The molecular weight excluding hydrogens is 409 g/mol. The fourth-order valence-corrected chi connectivity index (χ4v) is 1.79. The molecule has 15 heteroatoms. The number of halogens is 4. The molecule has 1 aromatic rings. The third-order valence-corrected chi connectivity index (χ3v) is 3.09. The number of aliphatic carboxylic acids is 1. The number of nitrogens with one attached hydrogen (secondary N) is 1. The minimum atomic E-state index is -5.08. The molecule has 0 radical (unpaired) electrons. The molecule has 28 heavy (non-hydrogen) atoms. The molecule has 0 saturated carbocycles. The van der Waals surface area contributed by atoms with Gasteiger partial charge >= 0.3 is 12.1 Å². The van der Waals surface area contributed by atoms with Crippen LogP contribution in [0.4, 0.5) is 24.8 Å². The van der Waals surface area contributed by atoms with Crippen LogP contribution in [-0.4, -0.2) is 51.7 Å². The van der Waals surface area contributed by atoms with E-state index >= 15 is 0 Å². The first-order valence-corrected chi connectivity index (χ1v) is 7.92. The van der Waals surface area contributed by atoms with E-state index in [2.05, 4.69) is 20.3 Å². The Hall–Kier alpha value is -3.03. The zero-order valence-corrected chi connectivity index (χ0v) is 15.4. The number of carboxylic acids is 1. The van der Waals surface area contributed by atoms with E-state index in [9.17, 15) is 18.0 Å². The van der Waals surface area contributed by atoms with E-state index < -0.39 is 18.1 Å². The summed E-state index contributed by atoms with van der Waals surface area (Å²) >= 11 is 5.72. The van der Waals surface area contributed by atoms with Gasteiger partial charge in [-0.1, -0.05) is 24.9 Å². The summed E-state index contributed by atoms with van der Waals surface area (Å²) in [7, 11) is 0. The van der Waals surface area contributed by atoms with Crippen molar-refractivity contribution < 1.29 is 27.9 Å². The largest absolute Gasteiger partial charge is 0.490 e. The smallest absolute Gasteiger partial charge is 0.475 e. The van der Waals surface area contributed by atoms with Gasteiger partial charge in [0.1, 0.15) is 0 Å². The molecule has 0 aliphatic carbocycles. The zero-order valence-electron chi connectivity index (χ0n) is 14.6. The van der Waals surface area contributed by atoms with E-state index in [1.54, 1.807) is 0 Å². The number of hydrogen-bond donors (Lipinski definition) is 6. The maximum atomic E-state index is 12.0. The second-order valence-corrected chi connectivity index (χ2v) is 5.50. The number of carbonyl (C=O) groups excluding carboxylic acids is 1. The topological polar surface area (TPSA) is 209 Å². The quantitative estimate of drug-likeness (QED) is 0.267. The van der Waals surface area contributed by atoms with Crippen LogP contribution in [0, 0.1) is 0 Å². The van der Waals surface area contributed by atoms with Crippen molar-refractivity contribution in [3.05, 3.63) is 10.8 Å². The predicted octanol–water partition coefficient (Wildman–Crippen LogP) is 0.0996. The Labute approximate surface area is 162 Å². The van der Waals surface area contributed by atoms with Gasteiger partial charge in [-0.2, -0.15) is 13.2 Å². The summed E-state index contributed by atoms with van der Waals surface area (Å²) in [6.07, 6.45) is -3.49. The Morgan fingerprint density at radius 2 is 1.79 bits per heavy atom. The molecular formula is C13H20ClF3N8O3. The van der Waals surface area contributed by atoms with Crippen molar-refractivity contribution in [3.63, 3.8) is 0 Å². The van der Waals surface area contributed by atoms with Crippen molar-refractivity contribution in [2.75, 3.05) is 18.0 Å². The van der Waals surface area contributed by atoms with Crippen LogP contribution in [0.2, 0.25) is 5.15 Å². The first kappa shape index (κ1) is 25.0. The SMILES string of the molecule is CCC[C@H](CNC(=O)c1nc(Cl)c(N)nc1N)N=C(N)N.O=C(O)C(F)(F)F. The summed E-state index contributed by atoms with van der Waals surface area (Å²) in [5.41, 5.74) is 21.6. The lowest BCUT2D eigenvalue weighted by atomic mass is 10.2. The number of guanidine groups is 1. The molecule has 10 N–H and O–H groups in total. The van der Waals surface area contributed by atoms with Gasteiger partial charge in [0.25, 0.3) is 5.91 Å². The summed E-state index contributed by atoms with van der Waals surface area (Å²) < 4.78 is 31.7. The molecule has 0 aliphatic heterocycles. The number of rotatable bonds is 6. The predicted molar refractivity (Wildman–Crippen MR) is 96.4 cm³/mol. The Morgan fingerprint density at radius 3 is 2.21 bits per heavy atom. The van der Waals surface area contributed by atoms with Gasteiger partial charge in [0.2, 0.25) is 0 Å². The second kappa shape index (κ2) is 11.0. The lowest BCUT2D eigenvalue weighted by Crippen LogP contribution is -2.35. The van der Waals surface area contributed by atoms with E-state index in [1.165, 1.54) is 0 Å². The second-order valence-electron chi connectivity index (χ2n) is 5.14. The zero-order chi connectivity index (χ0) is 22.1. The Kier molecular flexibility index (Phi) is 9.77. The molecule has 0 fully saturated rings. The van der Waals surface area contributed by atoms with Gasteiger partial charge in [-0.05, 0) is 6.42 Å². The molecule has 0 bridgehead atoms. The Balaban J connectivity index is 0.000000887. The highest BCUT2D eigenvalue weighted by Crippen LogP contribution is 2.17. The molecule has 0 aromatic carbocycles. The molecule has 158 valence electrons. The normalized spacial score (nSPS) is 11.6. The number of nitrogen functional groups attached to an aromatic ring is 2. The van der Waals surface area contributed by atoms with Crippen LogP contribution in [0.15, 0.2) is 4.99 Å². The molecule has 0 saturated heterocycles. The van der Waals surface area contributed by atoms with Crippen LogP contribution in [0.5, 0.6) is 0 Å². The van der Waals surface area contributed by atoms with Crippen LogP contribution < -0.4 is 28.3 Å². The number of alkyl halides is 3. The average molecular weight is 429 g/mol. The molecule has 0 aliphatic rings. The summed E-state index contributed by atoms with van der Waals surface area (Å²) in [6, 6.07) is -0.220. The van der Waals surface area contributed by atoms with Gasteiger partial charge in [0.15, 0.2) is 28.4 Å². The van der Waals surface area contributed by atoms with Crippen molar-refractivity contribution in [2.24, 2.45) is 16.5 Å². The highest BCUT2D eigenvalue weighted by Gasteiger charge is 2.38. The van der Waals surface area contributed by atoms with Crippen LogP contribution in [0.25, 0.3) is 0 Å². The molecule has 1 aromatic heterocycles. The van der Waals surface area contributed by atoms with Gasteiger partial charge in [-0.15, -0.1) is 0 Å². The van der Waals surface area contributed by atoms with Gasteiger partial charge < -0.3 is 33.4 Å². The highest BCUT2D eigenvalue weighted by molar-refractivity contribution is 6.31. The number of carbonyl (C=O) groups is 2. The van der Waals surface area contributed by atoms with Crippen molar-refractivity contribution in [2.45, 2.75) is 32.0 Å². The Bertz CT molecular complexity index is 726. The van der Waals surface area contributed by atoms with Crippen molar-refractivity contribution in [1.29, 1.82) is 0 Å². The fourth-order valence-electron chi connectivity index (χ4n) is 1.66. The molecule has 1 amide bonds. The first-order chi connectivity index (χ1) is 12.8. The monoisotopic (exact) mass is 428 g/mol. The van der Waals surface area contributed by atoms with E-state index in [-0.39, 0.29) is 41.0 Å². The molecule has 1 rings (SSSR count). The number of amides is 1. The third-order valence-electron chi connectivity index (χ3n) is 2.81. The Morgan fingerprint density at radius 1 is 1.25 bits per heavy atom. The third kappa shape index (κ3) is 9.07. The average Bonchev–Trinajstić information content (AvgIpc) is 2.55. The van der Waals surface area contributed by atoms with Gasteiger partial charge in [-0.25, -0.2) is 19.8 Å². The van der Waals surface area contributed by atoms with Crippen LogP contribution >= 0.6 is 11.6 Å². The lowest BCUT2D eigenvalue weighted by molar-refractivity contribution is -0.192. The molecule has 1 heterocycles. The minimum absolute atomic E-state index is 0.0301. The lowest BCUT2D eigenvalue weighted by Gasteiger charge is -2.13. The van der Waals surface area contributed by atoms with Crippen molar-refractivity contribution in [3.8, 4) is 0 Å². The number of hydrogen-bond acceptors (Lipinski definition) is 7. The van der Waals surface area contributed by atoms with Crippen molar-refractivity contribution in [1.82, 2.24) is 15.3 Å². The highest BCUT2D eigenvalue weighted by atomic mass is 35.5. The summed E-state index contributed by atoms with van der Waals surface area (Å²) in [4.78, 5) is 32.5. The minimum Gasteiger partial charge on any atom is -0.475 e. The number of carboxylic acid groups (broad SMARTS) is 1. The number of nitrogens with two attached hydrogens (primary N) is 4. The maximum absolute atomic E-state index is 12.0.